The fraction of sp³-hybridized carbons (Fsp3) is 0.875. The van der Waals surface area contributed by atoms with Crippen molar-refractivity contribution in [2.24, 2.45) is 0 Å². The summed E-state index contributed by atoms with van der Waals surface area (Å²) in [5.74, 6) is 0.295. The molecular formula is C8H18O2Si. The first-order valence-electron chi connectivity index (χ1n) is 4.11. The lowest BCUT2D eigenvalue weighted by Gasteiger charge is -2.16. The molecule has 0 aromatic heterocycles. The van der Waals surface area contributed by atoms with Gasteiger partial charge in [-0.05, 0) is 19.6 Å². The normalized spacial score (nSPS) is 11.6. The van der Waals surface area contributed by atoms with Crippen molar-refractivity contribution in [3.05, 3.63) is 0 Å². The van der Waals surface area contributed by atoms with Crippen LogP contribution in [0, 0.1) is 0 Å². The molecule has 0 bridgehead atoms. The van der Waals surface area contributed by atoms with Crippen molar-refractivity contribution in [3.63, 3.8) is 0 Å². The second-order valence-corrected chi connectivity index (χ2v) is 8.12. The average Bonchev–Trinajstić information content (AvgIpc) is 1.85. The molecule has 0 aromatic rings. The summed E-state index contributed by atoms with van der Waals surface area (Å²) in [6.07, 6.45) is 1.22. The lowest BCUT2D eigenvalue weighted by Crippen LogP contribution is -2.26. The van der Waals surface area contributed by atoms with Crippen molar-refractivity contribution in [2.75, 3.05) is 6.61 Å². The number of ketones is 1. The summed E-state index contributed by atoms with van der Waals surface area (Å²) in [5, 5.41) is 0. The molecule has 66 valence electrons. The maximum Gasteiger partial charge on any atom is 0.183 e. The molecule has 0 N–H and O–H groups in total. The third-order valence-corrected chi connectivity index (χ3v) is 2.38. The topological polar surface area (TPSA) is 26.3 Å². The van der Waals surface area contributed by atoms with Gasteiger partial charge in [-0.3, -0.25) is 4.79 Å². The van der Waals surface area contributed by atoms with Gasteiger partial charge < -0.3 is 4.43 Å². The molecule has 0 rings (SSSR count). The number of Topliss-reactive ketones (excluding diaryl/α,β-unsaturated/α-hetero) is 1. The van der Waals surface area contributed by atoms with E-state index in [1.165, 1.54) is 0 Å². The van der Waals surface area contributed by atoms with Crippen LogP contribution in [-0.4, -0.2) is 20.7 Å². The van der Waals surface area contributed by atoms with Crippen LogP contribution in [0.2, 0.25) is 19.6 Å². The van der Waals surface area contributed by atoms with Crippen molar-refractivity contribution < 1.29 is 9.22 Å². The highest BCUT2D eigenvalue weighted by Crippen LogP contribution is 2.03. The van der Waals surface area contributed by atoms with Crippen LogP contribution >= 0.6 is 0 Å². The minimum absolute atomic E-state index is 0.295. The van der Waals surface area contributed by atoms with Crippen molar-refractivity contribution >= 4 is 14.1 Å². The first-order chi connectivity index (χ1) is 4.95. The Bertz CT molecular complexity index is 127. The number of carbonyl (C=O) groups is 1. The largest absolute Gasteiger partial charge is 0.417 e. The van der Waals surface area contributed by atoms with E-state index in [1.807, 2.05) is 6.92 Å². The van der Waals surface area contributed by atoms with Gasteiger partial charge in [0.1, 0.15) is 5.78 Å². The van der Waals surface area contributed by atoms with Crippen LogP contribution in [0.15, 0.2) is 0 Å². The minimum Gasteiger partial charge on any atom is -0.417 e. The van der Waals surface area contributed by atoms with E-state index in [0.29, 0.717) is 25.2 Å². The zero-order valence-corrected chi connectivity index (χ0v) is 8.94. The lowest BCUT2D eigenvalue weighted by atomic mass is 10.2. The SMILES string of the molecule is CCC(=O)CCO[Si](C)(C)C. The Morgan fingerprint density at radius 1 is 1.36 bits per heavy atom. The summed E-state index contributed by atoms with van der Waals surface area (Å²) in [7, 11) is -1.39. The second-order valence-electron chi connectivity index (χ2n) is 3.60. The van der Waals surface area contributed by atoms with Gasteiger partial charge in [0.2, 0.25) is 0 Å². The molecule has 0 heterocycles. The Balaban J connectivity index is 3.35. The molecule has 0 amide bonds. The van der Waals surface area contributed by atoms with Gasteiger partial charge in [-0.1, -0.05) is 6.92 Å². The monoisotopic (exact) mass is 174 g/mol. The van der Waals surface area contributed by atoms with E-state index in [9.17, 15) is 4.79 Å². The van der Waals surface area contributed by atoms with E-state index in [-0.39, 0.29) is 0 Å². The smallest absolute Gasteiger partial charge is 0.183 e. The molecule has 0 atom stereocenters. The van der Waals surface area contributed by atoms with E-state index >= 15 is 0 Å². The first-order valence-corrected chi connectivity index (χ1v) is 7.52. The van der Waals surface area contributed by atoms with E-state index in [2.05, 4.69) is 19.6 Å². The Kier molecular flexibility index (Phi) is 4.60. The second kappa shape index (κ2) is 4.67. The number of hydrogen-bond donors (Lipinski definition) is 0. The number of hydrogen-bond acceptors (Lipinski definition) is 2. The average molecular weight is 174 g/mol. The molecular weight excluding hydrogens is 156 g/mol. The molecule has 0 aliphatic rings. The fourth-order valence-corrected chi connectivity index (χ4v) is 1.36. The molecule has 2 nitrogen and oxygen atoms in total. The molecule has 0 unspecified atom stereocenters. The van der Waals surface area contributed by atoms with Gasteiger partial charge in [0.25, 0.3) is 0 Å². The fourth-order valence-electron chi connectivity index (χ4n) is 0.648. The van der Waals surface area contributed by atoms with Gasteiger partial charge in [0.05, 0.1) is 0 Å². The highest BCUT2D eigenvalue weighted by Gasteiger charge is 2.13. The van der Waals surface area contributed by atoms with Crippen LogP contribution in [0.4, 0.5) is 0 Å². The van der Waals surface area contributed by atoms with Crippen LogP contribution < -0.4 is 0 Å². The number of rotatable bonds is 5. The van der Waals surface area contributed by atoms with E-state index in [4.69, 9.17) is 4.43 Å². The molecule has 0 saturated carbocycles. The van der Waals surface area contributed by atoms with Gasteiger partial charge in [0.15, 0.2) is 8.32 Å². The maximum absolute atomic E-state index is 10.8. The molecule has 0 aromatic carbocycles. The van der Waals surface area contributed by atoms with Crippen molar-refractivity contribution in [3.8, 4) is 0 Å². The van der Waals surface area contributed by atoms with Crippen molar-refractivity contribution in [1.29, 1.82) is 0 Å². The Labute approximate surface area is 70.1 Å². The third-order valence-electron chi connectivity index (χ3n) is 1.31. The molecule has 11 heavy (non-hydrogen) atoms. The molecule has 0 aliphatic heterocycles. The van der Waals surface area contributed by atoms with Gasteiger partial charge in [-0.25, -0.2) is 0 Å². The minimum atomic E-state index is -1.39. The summed E-state index contributed by atoms with van der Waals surface area (Å²) < 4.78 is 5.52. The summed E-state index contributed by atoms with van der Waals surface area (Å²) in [6, 6.07) is 0. The molecule has 3 heteroatoms. The molecule has 0 radical (unpaired) electrons. The van der Waals surface area contributed by atoms with Crippen LogP contribution in [0.1, 0.15) is 19.8 Å². The van der Waals surface area contributed by atoms with Crippen LogP contribution in [0.5, 0.6) is 0 Å². The molecule has 0 aliphatic carbocycles. The highest BCUT2D eigenvalue weighted by molar-refractivity contribution is 6.69. The summed E-state index contributed by atoms with van der Waals surface area (Å²) >= 11 is 0. The predicted octanol–water partition coefficient (Wildman–Crippen LogP) is 2.21. The highest BCUT2D eigenvalue weighted by atomic mass is 28.4. The van der Waals surface area contributed by atoms with Crippen LogP contribution in [-0.2, 0) is 9.22 Å². The van der Waals surface area contributed by atoms with Gasteiger partial charge in [-0.15, -0.1) is 0 Å². The third kappa shape index (κ3) is 7.75. The summed E-state index contributed by atoms with van der Waals surface area (Å²) in [4.78, 5) is 10.8. The molecule has 0 saturated heterocycles. The van der Waals surface area contributed by atoms with E-state index < -0.39 is 8.32 Å². The Hall–Kier alpha value is -0.153. The predicted molar refractivity (Wildman–Crippen MR) is 49.2 cm³/mol. The van der Waals surface area contributed by atoms with Gasteiger partial charge >= 0.3 is 0 Å². The Morgan fingerprint density at radius 2 is 1.91 bits per heavy atom. The summed E-state index contributed by atoms with van der Waals surface area (Å²) in [6.45, 7) is 8.88. The number of carbonyl (C=O) groups excluding carboxylic acids is 1. The molecule has 0 fully saturated rings. The van der Waals surface area contributed by atoms with Crippen LogP contribution in [0.3, 0.4) is 0 Å². The summed E-state index contributed by atoms with van der Waals surface area (Å²) in [5.41, 5.74) is 0. The Morgan fingerprint density at radius 3 is 2.27 bits per heavy atom. The maximum atomic E-state index is 10.8. The standard InChI is InChI=1S/C8H18O2Si/c1-5-8(9)6-7-10-11(2,3)4/h5-7H2,1-4H3. The molecule has 0 spiro atoms. The van der Waals surface area contributed by atoms with Crippen LogP contribution in [0.25, 0.3) is 0 Å². The van der Waals surface area contributed by atoms with Crippen molar-refractivity contribution in [1.82, 2.24) is 0 Å². The lowest BCUT2D eigenvalue weighted by molar-refractivity contribution is -0.119. The first kappa shape index (κ1) is 10.8. The van der Waals surface area contributed by atoms with E-state index in [1.54, 1.807) is 0 Å². The quantitative estimate of drug-likeness (QED) is 0.597. The van der Waals surface area contributed by atoms with Gasteiger partial charge in [0, 0.05) is 19.4 Å². The van der Waals surface area contributed by atoms with E-state index in [0.717, 1.165) is 0 Å². The zero-order chi connectivity index (χ0) is 8.91. The zero-order valence-electron chi connectivity index (χ0n) is 7.94. The van der Waals surface area contributed by atoms with Gasteiger partial charge in [-0.2, -0.15) is 0 Å². The van der Waals surface area contributed by atoms with Crippen molar-refractivity contribution in [2.45, 2.75) is 39.4 Å².